The first kappa shape index (κ1) is 14.6. The molecular weight excluding hydrogens is 306 g/mol. The molecule has 0 fully saturated rings. The van der Waals surface area contributed by atoms with Crippen LogP contribution in [-0.2, 0) is 0 Å². The summed E-state index contributed by atoms with van der Waals surface area (Å²) in [4.78, 5) is 1.01. The van der Waals surface area contributed by atoms with Crippen LogP contribution >= 0.6 is 23.5 Å². The molecule has 21 heavy (non-hydrogen) atoms. The Hall–Kier alpha value is -1.36. The molecule has 1 aliphatic rings. The maximum absolute atomic E-state index is 9.64. The van der Waals surface area contributed by atoms with E-state index < -0.39 is 0 Å². The van der Waals surface area contributed by atoms with Gasteiger partial charge >= 0.3 is 0 Å². The fraction of sp³-hybridized carbons (Fsp3) is 0.250. The number of hydrogen-bond donors (Lipinski definition) is 1. The number of aliphatic hydroxyl groups is 1. The maximum atomic E-state index is 9.64. The highest BCUT2D eigenvalue weighted by molar-refractivity contribution is 8.00. The number of aryl methyl sites for hydroxylation is 1. The Morgan fingerprint density at radius 1 is 1.29 bits per heavy atom. The monoisotopic (exact) mass is 321 g/mol. The second kappa shape index (κ2) is 6.18. The van der Waals surface area contributed by atoms with E-state index in [-0.39, 0.29) is 12.6 Å². The third-order valence-corrected chi connectivity index (χ3v) is 5.27. The lowest BCUT2D eigenvalue weighted by Crippen LogP contribution is -2.41. The third kappa shape index (κ3) is 2.84. The number of anilines is 1. The molecule has 5 heteroatoms. The lowest BCUT2D eigenvalue weighted by molar-refractivity contribution is 0.199. The molecule has 1 aliphatic heterocycles. The second-order valence-corrected chi connectivity index (χ2v) is 6.31. The molecule has 0 saturated heterocycles. The topological polar surface area (TPSA) is 32.7 Å². The van der Waals surface area contributed by atoms with Crippen LogP contribution in [0.15, 0.2) is 47.4 Å². The summed E-state index contributed by atoms with van der Waals surface area (Å²) in [6, 6.07) is 13.6. The van der Waals surface area contributed by atoms with E-state index >= 15 is 0 Å². The number of hydrogen-bond acceptors (Lipinski definition) is 4. The van der Waals surface area contributed by atoms with Gasteiger partial charge in [0.05, 0.1) is 28.3 Å². The predicted molar refractivity (Wildman–Crippen MR) is 87.3 cm³/mol. The van der Waals surface area contributed by atoms with Gasteiger partial charge in [0.25, 0.3) is 0 Å². The first-order chi connectivity index (χ1) is 10.2. The number of halogens is 1. The van der Waals surface area contributed by atoms with Crippen LogP contribution < -0.4 is 9.04 Å². The van der Waals surface area contributed by atoms with Gasteiger partial charge in [-0.2, -0.15) is 0 Å². The standard InChI is InChI=1S/C16H16ClNO2S/c1-11-5-4-6-13(17)16(11)21-18-12(9-19)10-20-15-8-3-2-7-14(15)18/h2-8,12,19H,9-10H2,1H3. The Morgan fingerprint density at radius 2 is 2.10 bits per heavy atom. The minimum absolute atomic E-state index is 0.0326. The Morgan fingerprint density at radius 3 is 2.86 bits per heavy atom. The van der Waals surface area contributed by atoms with E-state index in [2.05, 4.69) is 4.31 Å². The molecule has 110 valence electrons. The molecule has 3 rings (SSSR count). The fourth-order valence-electron chi connectivity index (χ4n) is 2.29. The van der Waals surface area contributed by atoms with Crippen LogP contribution in [0.3, 0.4) is 0 Å². The van der Waals surface area contributed by atoms with Gasteiger partial charge in [0.1, 0.15) is 12.4 Å². The van der Waals surface area contributed by atoms with Gasteiger partial charge in [-0.3, -0.25) is 4.31 Å². The van der Waals surface area contributed by atoms with Crippen molar-refractivity contribution >= 4 is 29.2 Å². The van der Waals surface area contributed by atoms with Crippen molar-refractivity contribution in [2.24, 2.45) is 0 Å². The van der Waals surface area contributed by atoms with E-state index in [9.17, 15) is 5.11 Å². The smallest absolute Gasteiger partial charge is 0.143 e. The predicted octanol–water partition coefficient (Wildman–Crippen LogP) is 3.92. The number of nitrogens with zero attached hydrogens (tertiary/aromatic N) is 1. The van der Waals surface area contributed by atoms with E-state index in [4.69, 9.17) is 16.3 Å². The third-order valence-electron chi connectivity index (χ3n) is 3.43. The van der Waals surface area contributed by atoms with E-state index in [1.165, 1.54) is 0 Å². The van der Waals surface area contributed by atoms with Crippen LogP contribution in [0.5, 0.6) is 5.75 Å². The molecule has 1 heterocycles. The largest absolute Gasteiger partial charge is 0.489 e. The van der Waals surface area contributed by atoms with E-state index in [0.717, 1.165) is 26.9 Å². The van der Waals surface area contributed by atoms with Gasteiger partial charge in [0.15, 0.2) is 0 Å². The molecule has 0 saturated carbocycles. The highest BCUT2D eigenvalue weighted by atomic mass is 35.5. The number of fused-ring (bicyclic) bond motifs is 1. The zero-order chi connectivity index (χ0) is 14.8. The molecule has 0 aromatic heterocycles. The van der Waals surface area contributed by atoms with Crippen molar-refractivity contribution < 1.29 is 9.84 Å². The Kier molecular flexibility index (Phi) is 4.29. The molecule has 2 aromatic carbocycles. The Bertz CT molecular complexity index is 630. The van der Waals surface area contributed by atoms with Gasteiger partial charge in [0, 0.05) is 0 Å². The highest BCUT2D eigenvalue weighted by Crippen LogP contribution is 2.42. The van der Waals surface area contributed by atoms with Crippen LogP contribution in [-0.4, -0.2) is 24.4 Å². The van der Waals surface area contributed by atoms with Crippen LogP contribution in [0.2, 0.25) is 5.02 Å². The van der Waals surface area contributed by atoms with Crippen LogP contribution in [0, 0.1) is 6.92 Å². The van der Waals surface area contributed by atoms with Gasteiger partial charge < -0.3 is 9.84 Å². The fourth-order valence-corrected chi connectivity index (χ4v) is 3.71. The van der Waals surface area contributed by atoms with Crippen molar-refractivity contribution in [1.29, 1.82) is 0 Å². The maximum Gasteiger partial charge on any atom is 0.143 e. The van der Waals surface area contributed by atoms with Crippen LogP contribution in [0.25, 0.3) is 0 Å². The highest BCUT2D eigenvalue weighted by Gasteiger charge is 2.28. The lowest BCUT2D eigenvalue weighted by atomic mass is 10.2. The SMILES string of the molecule is Cc1cccc(Cl)c1SN1c2ccccc2OCC1CO. The average molecular weight is 322 g/mol. The molecule has 3 nitrogen and oxygen atoms in total. The summed E-state index contributed by atoms with van der Waals surface area (Å²) < 4.78 is 7.80. The second-order valence-electron chi connectivity index (χ2n) is 4.92. The average Bonchev–Trinajstić information content (AvgIpc) is 2.51. The van der Waals surface area contributed by atoms with Crippen molar-refractivity contribution in [3.8, 4) is 5.75 Å². The van der Waals surface area contributed by atoms with Gasteiger partial charge in [-0.1, -0.05) is 35.9 Å². The van der Waals surface area contributed by atoms with Gasteiger partial charge in [-0.05, 0) is 42.6 Å². The van der Waals surface area contributed by atoms with E-state index in [1.54, 1.807) is 11.9 Å². The van der Waals surface area contributed by atoms with Crippen molar-refractivity contribution in [3.63, 3.8) is 0 Å². The van der Waals surface area contributed by atoms with Crippen molar-refractivity contribution in [2.45, 2.75) is 17.9 Å². The van der Waals surface area contributed by atoms with E-state index in [1.807, 2.05) is 49.4 Å². The molecule has 2 aromatic rings. The zero-order valence-corrected chi connectivity index (χ0v) is 13.2. The van der Waals surface area contributed by atoms with Crippen molar-refractivity contribution in [1.82, 2.24) is 0 Å². The number of rotatable bonds is 3. The number of ether oxygens (including phenoxy) is 1. The summed E-state index contributed by atoms with van der Waals surface area (Å²) in [5, 5.41) is 10.4. The van der Waals surface area contributed by atoms with Gasteiger partial charge in [0.2, 0.25) is 0 Å². The van der Waals surface area contributed by atoms with Gasteiger partial charge in [-0.25, -0.2) is 0 Å². The first-order valence-electron chi connectivity index (χ1n) is 6.75. The molecule has 1 unspecified atom stereocenters. The number of para-hydroxylation sites is 2. The molecule has 0 spiro atoms. The molecule has 0 bridgehead atoms. The molecule has 0 aliphatic carbocycles. The van der Waals surface area contributed by atoms with Crippen molar-refractivity contribution in [2.75, 3.05) is 17.5 Å². The molecule has 1 N–H and O–H groups in total. The summed E-state index contributed by atoms with van der Waals surface area (Å²) in [6.45, 7) is 2.53. The normalized spacial score (nSPS) is 17.3. The molecule has 0 amide bonds. The summed E-state index contributed by atoms with van der Waals surface area (Å²) in [6.07, 6.45) is 0. The van der Waals surface area contributed by atoms with Crippen LogP contribution in [0.4, 0.5) is 5.69 Å². The minimum atomic E-state index is -0.0967. The Balaban J connectivity index is 1.99. The number of aliphatic hydroxyl groups excluding tert-OH is 1. The van der Waals surface area contributed by atoms with Crippen LogP contribution in [0.1, 0.15) is 5.56 Å². The van der Waals surface area contributed by atoms with E-state index in [0.29, 0.717) is 6.61 Å². The quantitative estimate of drug-likeness (QED) is 0.869. The number of benzene rings is 2. The zero-order valence-electron chi connectivity index (χ0n) is 11.6. The molecule has 0 radical (unpaired) electrons. The minimum Gasteiger partial charge on any atom is -0.489 e. The summed E-state index contributed by atoms with van der Waals surface area (Å²) >= 11 is 7.88. The van der Waals surface area contributed by atoms with Crippen molar-refractivity contribution in [3.05, 3.63) is 53.1 Å². The first-order valence-corrected chi connectivity index (χ1v) is 7.91. The summed E-state index contributed by atoms with van der Waals surface area (Å²) in [5.41, 5.74) is 2.08. The molecule has 1 atom stereocenters. The van der Waals surface area contributed by atoms with Gasteiger partial charge in [-0.15, -0.1) is 0 Å². The Labute approximate surface area is 133 Å². The lowest BCUT2D eigenvalue weighted by Gasteiger charge is -2.36. The summed E-state index contributed by atoms with van der Waals surface area (Å²) in [7, 11) is 0. The molecular formula is C16H16ClNO2S. The summed E-state index contributed by atoms with van der Waals surface area (Å²) in [5.74, 6) is 0.833.